The molecule has 1 aromatic carbocycles. The molecule has 0 amide bonds. The summed E-state index contributed by atoms with van der Waals surface area (Å²) in [6.45, 7) is 0. The number of carbonyl (C=O) groups is 1. The molecular formula is C27H33N5O2. The number of hydrogen-bond acceptors (Lipinski definition) is 4. The van der Waals surface area contributed by atoms with Gasteiger partial charge in [-0.05, 0) is 55.0 Å². The number of nitrogens with zero attached hydrogens (tertiary/aromatic N) is 3. The Morgan fingerprint density at radius 1 is 1.15 bits per heavy atom. The van der Waals surface area contributed by atoms with Crippen LogP contribution in [0.2, 0.25) is 0 Å². The fourth-order valence-corrected chi connectivity index (χ4v) is 4.27. The van der Waals surface area contributed by atoms with E-state index in [-0.39, 0.29) is 6.42 Å². The smallest absolute Gasteiger partial charge is 0.303 e. The molecule has 1 fully saturated rings. The fraction of sp³-hybridized carbons (Fsp3) is 0.407. The Labute approximate surface area is 201 Å². The average Bonchev–Trinajstić information content (AvgIpc) is 2.81. The van der Waals surface area contributed by atoms with E-state index < -0.39 is 5.97 Å². The van der Waals surface area contributed by atoms with Crippen LogP contribution in [-0.2, 0) is 4.79 Å². The molecule has 0 unspecified atom stereocenters. The molecule has 7 nitrogen and oxygen atoms in total. The minimum Gasteiger partial charge on any atom is -0.481 e. The Hall–Kier alpha value is -3.66. The molecular weight excluding hydrogens is 426 g/mol. The minimum absolute atomic E-state index is 0.138. The number of allylic oxidation sites excluding steroid dienone is 1. The number of pyridine rings is 1. The van der Waals surface area contributed by atoms with Gasteiger partial charge < -0.3 is 15.7 Å². The van der Waals surface area contributed by atoms with Crippen LogP contribution in [0.1, 0.15) is 75.3 Å². The van der Waals surface area contributed by atoms with Gasteiger partial charge in [-0.25, -0.2) is 0 Å². The number of carboxylic acids is 1. The van der Waals surface area contributed by atoms with Crippen molar-refractivity contribution in [1.82, 2.24) is 10.3 Å². The maximum Gasteiger partial charge on any atom is 0.303 e. The molecule has 1 aliphatic carbocycles. The summed E-state index contributed by atoms with van der Waals surface area (Å²) < 4.78 is 0. The van der Waals surface area contributed by atoms with Gasteiger partial charge >= 0.3 is 5.97 Å². The van der Waals surface area contributed by atoms with E-state index in [1.54, 1.807) is 6.20 Å². The maximum atomic E-state index is 10.9. The zero-order valence-corrected chi connectivity index (χ0v) is 19.5. The zero-order chi connectivity index (χ0) is 24.0. The third kappa shape index (κ3) is 8.36. The predicted molar refractivity (Wildman–Crippen MR) is 135 cm³/mol. The van der Waals surface area contributed by atoms with Crippen molar-refractivity contribution >= 4 is 23.2 Å². The summed E-state index contributed by atoms with van der Waals surface area (Å²) in [5, 5.41) is 24.9. The molecule has 1 aliphatic rings. The number of aliphatic imine (C=N–C) groups is 1. The summed E-state index contributed by atoms with van der Waals surface area (Å²) in [6, 6.07) is 12.1. The second-order valence-corrected chi connectivity index (χ2v) is 8.60. The Morgan fingerprint density at radius 2 is 1.91 bits per heavy atom. The Kier molecular flexibility index (Phi) is 10.1. The summed E-state index contributed by atoms with van der Waals surface area (Å²) in [5.74, 6) is -0.317. The van der Waals surface area contributed by atoms with E-state index in [1.165, 1.54) is 32.1 Å². The second-order valence-electron chi connectivity index (χ2n) is 8.60. The first-order valence-corrected chi connectivity index (χ1v) is 12.1. The SMILES string of the molecule is N#C/N=C(\Nc1cccc(/C(=C\CCCC(=O)O)c2cccnc2)c1)NC1CCCCCCC1. The molecule has 3 N–H and O–H groups in total. The van der Waals surface area contributed by atoms with Crippen molar-refractivity contribution < 1.29 is 9.90 Å². The van der Waals surface area contributed by atoms with Gasteiger partial charge in [0.1, 0.15) is 0 Å². The van der Waals surface area contributed by atoms with Crippen molar-refractivity contribution in [2.24, 2.45) is 4.99 Å². The number of rotatable bonds is 8. The van der Waals surface area contributed by atoms with Crippen LogP contribution in [0.15, 0.2) is 59.9 Å². The van der Waals surface area contributed by atoms with Crippen LogP contribution in [0.3, 0.4) is 0 Å². The highest BCUT2D eigenvalue weighted by molar-refractivity contribution is 5.95. The van der Waals surface area contributed by atoms with Crippen LogP contribution in [0.5, 0.6) is 0 Å². The summed E-state index contributed by atoms with van der Waals surface area (Å²) in [6.07, 6.45) is 17.2. The number of benzene rings is 1. The summed E-state index contributed by atoms with van der Waals surface area (Å²) in [4.78, 5) is 19.1. The van der Waals surface area contributed by atoms with Gasteiger partial charge in [-0.2, -0.15) is 5.26 Å². The first kappa shape index (κ1) is 25.0. The third-order valence-corrected chi connectivity index (χ3v) is 5.96. The average molecular weight is 460 g/mol. The van der Waals surface area contributed by atoms with Crippen LogP contribution in [0, 0.1) is 11.5 Å². The number of nitrogens with one attached hydrogen (secondary N) is 2. The zero-order valence-electron chi connectivity index (χ0n) is 19.5. The summed E-state index contributed by atoms with van der Waals surface area (Å²) in [5.41, 5.74) is 3.77. The molecule has 0 radical (unpaired) electrons. The lowest BCUT2D eigenvalue weighted by molar-refractivity contribution is -0.137. The molecule has 0 bridgehead atoms. The van der Waals surface area contributed by atoms with Crippen LogP contribution in [0.25, 0.3) is 5.57 Å². The van der Waals surface area contributed by atoms with E-state index in [2.05, 4.69) is 26.7 Å². The predicted octanol–water partition coefficient (Wildman–Crippen LogP) is 5.72. The minimum atomic E-state index is -0.788. The number of guanidine groups is 1. The Morgan fingerprint density at radius 3 is 2.62 bits per heavy atom. The number of nitriles is 1. The highest BCUT2D eigenvalue weighted by Crippen LogP contribution is 2.26. The van der Waals surface area contributed by atoms with Crippen LogP contribution < -0.4 is 10.6 Å². The van der Waals surface area contributed by atoms with Crippen molar-refractivity contribution in [2.75, 3.05) is 5.32 Å². The summed E-state index contributed by atoms with van der Waals surface area (Å²) in [7, 11) is 0. The molecule has 0 saturated heterocycles. The lowest BCUT2D eigenvalue weighted by atomic mass is 9.96. The molecule has 1 aromatic heterocycles. The largest absolute Gasteiger partial charge is 0.481 e. The maximum absolute atomic E-state index is 10.9. The number of aliphatic carboxylic acids is 1. The van der Waals surface area contributed by atoms with Crippen molar-refractivity contribution in [2.45, 2.75) is 70.3 Å². The monoisotopic (exact) mass is 459 g/mol. The van der Waals surface area contributed by atoms with E-state index >= 15 is 0 Å². The van der Waals surface area contributed by atoms with Gasteiger partial charge in [0.25, 0.3) is 0 Å². The van der Waals surface area contributed by atoms with Gasteiger partial charge in [-0.15, -0.1) is 4.99 Å². The second kappa shape index (κ2) is 13.8. The lowest BCUT2D eigenvalue weighted by Gasteiger charge is -2.23. The first-order valence-electron chi connectivity index (χ1n) is 12.1. The number of hydrogen-bond donors (Lipinski definition) is 3. The van der Waals surface area contributed by atoms with Gasteiger partial charge in [0.2, 0.25) is 12.2 Å². The molecule has 1 heterocycles. The van der Waals surface area contributed by atoms with Gasteiger partial charge in [0.15, 0.2) is 0 Å². The van der Waals surface area contributed by atoms with Crippen molar-refractivity contribution in [1.29, 1.82) is 5.26 Å². The molecule has 178 valence electrons. The highest BCUT2D eigenvalue weighted by atomic mass is 16.4. The Bertz CT molecular complexity index is 1020. The van der Waals surface area contributed by atoms with Gasteiger partial charge in [-0.1, -0.05) is 56.4 Å². The topological polar surface area (TPSA) is 110 Å². The highest BCUT2D eigenvalue weighted by Gasteiger charge is 2.14. The fourth-order valence-electron chi connectivity index (χ4n) is 4.27. The van der Waals surface area contributed by atoms with Crippen molar-refractivity contribution in [3.8, 4) is 6.19 Å². The third-order valence-electron chi connectivity index (χ3n) is 5.96. The quantitative estimate of drug-likeness (QED) is 0.202. The molecule has 0 aliphatic heterocycles. The van der Waals surface area contributed by atoms with E-state index in [4.69, 9.17) is 5.11 Å². The first-order chi connectivity index (χ1) is 16.7. The van der Waals surface area contributed by atoms with Gasteiger partial charge in [-0.3, -0.25) is 9.78 Å². The van der Waals surface area contributed by atoms with Crippen molar-refractivity contribution in [3.63, 3.8) is 0 Å². The van der Waals surface area contributed by atoms with Crippen LogP contribution in [-0.4, -0.2) is 28.1 Å². The van der Waals surface area contributed by atoms with E-state index in [1.807, 2.05) is 48.8 Å². The molecule has 34 heavy (non-hydrogen) atoms. The van der Waals surface area contributed by atoms with Crippen molar-refractivity contribution in [3.05, 3.63) is 66.0 Å². The number of anilines is 1. The van der Waals surface area contributed by atoms with E-state index in [0.29, 0.717) is 24.8 Å². The summed E-state index contributed by atoms with van der Waals surface area (Å²) >= 11 is 0. The molecule has 7 heteroatoms. The molecule has 2 aromatic rings. The number of carboxylic acid groups (broad SMARTS) is 1. The molecule has 1 saturated carbocycles. The Balaban J connectivity index is 1.78. The van der Waals surface area contributed by atoms with Crippen LogP contribution >= 0.6 is 0 Å². The van der Waals surface area contributed by atoms with Crippen LogP contribution in [0.4, 0.5) is 5.69 Å². The van der Waals surface area contributed by atoms with E-state index in [9.17, 15) is 10.1 Å². The van der Waals surface area contributed by atoms with Gasteiger partial charge in [0.05, 0.1) is 0 Å². The number of aromatic nitrogens is 1. The normalized spacial score (nSPS) is 15.6. The number of unbranched alkanes of at least 4 members (excludes halogenated alkanes) is 1. The van der Waals surface area contributed by atoms with Gasteiger partial charge in [0, 0.05) is 36.1 Å². The molecule has 3 rings (SSSR count). The molecule has 0 atom stereocenters. The molecule has 0 spiro atoms. The van der Waals surface area contributed by atoms with E-state index in [0.717, 1.165) is 35.2 Å². The lowest BCUT2D eigenvalue weighted by Crippen LogP contribution is -2.39. The standard InChI is InChI=1S/C27H33N5O2/c28-20-30-27(31-23-12-4-2-1-3-5-13-23)32-24-14-8-10-21(18-24)25(15-6-7-16-26(33)34)22-11-9-17-29-19-22/h8-11,14-15,17-19,23H,1-7,12-13,16H2,(H,33,34)(H2,30,31,32)/b25-15+.